The minimum Gasteiger partial charge on any atom is -0.313 e. The van der Waals surface area contributed by atoms with Crippen LogP contribution in [0.15, 0.2) is 0 Å². The molecule has 0 spiro atoms. The van der Waals surface area contributed by atoms with E-state index >= 15 is 0 Å². The predicted octanol–water partition coefficient (Wildman–Crippen LogP) is 3.44. The average Bonchev–Trinajstić information content (AvgIpc) is 2.60. The maximum Gasteiger partial charge on any atom is 0.0256 e. The van der Waals surface area contributed by atoms with Crippen molar-refractivity contribution in [2.24, 2.45) is 0 Å². The van der Waals surface area contributed by atoms with Gasteiger partial charge in [0.15, 0.2) is 0 Å². The quantitative estimate of drug-likeness (QED) is 0.728. The first kappa shape index (κ1) is 12.4. The zero-order valence-corrected chi connectivity index (χ0v) is 10.8. The lowest BCUT2D eigenvalue weighted by molar-refractivity contribution is 0.428. The van der Waals surface area contributed by atoms with Crippen molar-refractivity contribution in [3.63, 3.8) is 0 Å². The van der Waals surface area contributed by atoms with Gasteiger partial charge in [-0.2, -0.15) is 11.8 Å². The summed E-state index contributed by atoms with van der Waals surface area (Å²) >= 11 is 2.15. The minimum absolute atomic E-state index is 0.529. The van der Waals surface area contributed by atoms with Crippen LogP contribution < -0.4 is 5.32 Å². The highest BCUT2D eigenvalue weighted by Crippen LogP contribution is 2.37. The second kappa shape index (κ2) is 6.02. The third kappa shape index (κ3) is 3.82. The summed E-state index contributed by atoms with van der Waals surface area (Å²) in [6, 6.07) is 0.748. The van der Waals surface area contributed by atoms with E-state index in [0.29, 0.717) is 4.75 Å². The van der Waals surface area contributed by atoms with Crippen LogP contribution in [0.3, 0.4) is 0 Å². The summed E-state index contributed by atoms with van der Waals surface area (Å²) in [6.07, 6.45) is 6.71. The van der Waals surface area contributed by atoms with Crippen molar-refractivity contribution in [1.29, 1.82) is 0 Å². The van der Waals surface area contributed by atoms with Crippen LogP contribution in [0.25, 0.3) is 0 Å². The molecule has 1 nitrogen and oxygen atoms in total. The molecular formula is C12H25NS. The molecule has 0 saturated carbocycles. The Morgan fingerprint density at radius 2 is 2.21 bits per heavy atom. The van der Waals surface area contributed by atoms with Gasteiger partial charge in [0.25, 0.3) is 0 Å². The normalized spacial score (nSPS) is 29.4. The topological polar surface area (TPSA) is 12.0 Å². The molecule has 0 aromatic rings. The fourth-order valence-corrected chi connectivity index (χ4v) is 3.39. The summed E-state index contributed by atoms with van der Waals surface area (Å²) in [4.78, 5) is 0. The molecule has 14 heavy (non-hydrogen) atoms. The van der Waals surface area contributed by atoms with E-state index < -0.39 is 0 Å². The van der Waals surface area contributed by atoms with E-state index in [1.807, 2.05) is 0 Å². The van der Waals surface area contributed by atoms with E-state index in [9.17, 15) is 0 Å². The van der Waals surface area contributed by atoms with Crippen molar-refractivity contribution in [3.8, 4) is 0 Å². The van der Waals surface area contributed by atoms with Crippen LogP contribution in [0.1, 0.15) is 52.9 Å². The molecule has 0 bridgehead atoms. The first-order valence-corrected chi connectivity index (χ1v) is 7.06. The van der Waals surface area contributed by atoms with Gasteiger partial charge < -0.3 is 5.32 Å². The fraction of sp³-hybridized carbons (Fsp3) is 1.00. The van der Waals surface area contributed by atoms with Gasteiger partial charge in [-0.3, -0.25) is 0 Å². The summed E-state index contributed by atoms with van der Waals surface area (Å²) in [5, 5.41) is 3.73. The predicted molar refractivity (Wildman–Crippen MR) is 67.1 cm³/mol. The Balaban J connectivity index is 2.23. The van der Waals surface area contributed by atoms with Crippen molar-refractivity contribution >= 4 is 11.8 Å². The molecule has 0 amide bonds. The van der Waals surface area contributed by atoms with Crippen LogP contribution in [0.2, 0.25) is 0 Å². The molecule has 0 aromatic carbocycles. The SMILES string of the molecule is CCCC(CC)NCC1(C)CCCS1. The standard InChI is InChI=1S/C12H25NS/c1-4-7-11(5-2)13-10-12(3)8-6-9-14-12/h11,13H,4-10H2,1-3H3. The molecule has 1 aliphatic rings. The van der Waals surface area contributed by atoms with E-state index in [1.54, 1.807) is 0 Å². The summed E-state index contributed by atoms with van der Waals surface area (Å²) in [5.41, 5.74) is 0. The Bertz CT molecular complexity index is 152. The molecule has 2 heteroatoms. The van der Waals surface area contributed by atoms with Gasteiger partial charge in [-0.25, -0.2) is 0 Å². The van der Waals surface area contributed by atoms with E-state index in [2.05, 4.69) is 37.8 Å². The van der Waals surface area contributed by atoms with Crippen molar-refractivity contribution in [2.75, 3.05) is 12.3 Å². The molecule has 1 fully saturated rings. The van der Waals surface area contributed by atoms with E-state index in [0.717, 1.165) is 6.04 Å². The zero-order chi connectivity index (χ0) is 10.4. The number of hydrogen-bond donors (Lipinski definition) is 1. The average molecular weight is 215 g/mol. The van der Waals surface area contributed by atoms with Crippen molar-refractivity contribution in [1.82, 2.24) is 5.32 Å². The van der Waals surface area contributed by atoms with Gasteiger partial charge in [0.1, 0.15) is 0 Å². The third-order valence-corrected chi connectivity index (χ3v) is 4.73. The summed E-state index contributed by atoms with van der Waals surface area (Å²) < 4.78 is 0.529. The Labute approximate surface area is 93.4 Å². The van der Waals surface area contributed by atoms with Gasteiger partial charge in [-0.1, -0.05) is 20.3 Å². The van der Waals surface area contributed by atoms with Crippen molar-refractivity contribution < 1.29 is 0 Å². The van der Waals surface area contributed by atoms with Gasteiger partial charge in [-0.05, 0) is 38.4 Å². The van der Waals surface area contributed by atoms with Gasteiger partial charge in [0.2, 0.25) is 0 Å². The molecule has 2 unspecified atom stereocenters. The molecule has 1 heterocycles. The molecule has 1 N–H and O–H groups in total. The number of hydrogen-bond acceptors (Lipinski definition) is 2. The van der Waals surface area contributed by atoms with E-state index in [-0.39, 0.29) is 0 Å². The second-order valence-corrected chi connectivity index (χ2v) is 6.36. The molecule has 0 aliphatic carbocycles. The molecule has 1 aliphatic heterocycles. The van der Waals surface area contributed by atoms with Gasteiger partial charge in [0.05, 0.1) is 0 Å². The van der Waals surface area contributed by atoms with Crippen LogP contribution in [0.4, 0.5) is 0 Å². The van der Waals surface area contributed by atoms with Gasteiger partial charge in [0, 0.05) is 17.3 Å². The Morgan fingerprint density at radius 1 is 1.43 bits per heavy atom. The smallest absolute Gasteiger partial charge is 0.0256 e. The highest BCUT2D eigenvalue weighted by atomic mass is 32.2. The van der Waals surface area contributed by atoms with Crippen LogP contribution >= 0.6 is 11.8 Å². The molecule has 0 radical (unpaired) electrons. The summed E-state index contributed by atoms with van der Waals surface area (Å²) in [6.45, 7) is 8.18. The molecular weight excluding hydrogens is 190 g/mol. The van der Waals surface area contributed by atoms with Crippen LogP contribution in [0.5, 0.6) is 0 Å². The Hall–Kier alpha value is 0.310. The fourth-order valence-electron chi connectivity index (χ4n) is 2.14. The molecule has 84 valence electrons. The zero-order valence-electron chi connectivity index (χ0n) is 9.94. The number of nitrogens with one attached hydrogen (secondary N) is 1. The van der Waals surface area contributed by atoms with Crippen molar-refractivity contribution in [2.45, 2.75) is 63.7 Å². The maximum atomic E-state index is 3.73. The first-order valence-electron chi connectivity index (χ1n) is 6.07. The minimum atomic E-state index is 0.529. The van der Waals surface area contributed by atoms with Gasteiger partial charge in [-0.15, -0.1) is 0 Å². The summed E-state index contributed by atoms with van der Waals surface area (Å²) in [7, 11) is 0. The van der Waals surface area contributed by atoms with Crippen LogP contribution in [-0.4, -0.2) is 23.1 Å². The largest absolute Gasteiger partial charge is 0.313 e. The van der Waals surface area contributed by atoms with Gasteiger partial charge >= 0.3 is 0 Å². The van der Waals surface area contributed by atoms with Crippen LogP contribution in [-0.2, 0) is 0 Å². The monoisotopic (exact) mass is 215 g/mol. The van der Waals surface area contributed by atoms with Crippen LogP contribution in [0, 0.1) is 0 Å². The lowest BCUT2D eigenvalue weighted by atomic mass is 10.0. The van der Waals surface area contributed by atoms with E-state index in [4.69, 9.17) is 0 Å². The maximum absolute atomic E-state index is 3.73. The Morgan fingerprint density at radius 3 is 2.71 bits per heavy atom. The Kier molecular flexibility index (Phi) is 5.32. The summed E-state index contributed by atoms with van der Waals surface area (Å²) in [5.74, 6) is 1.36. The molecule has 0 aromatic heterocycles. The highest BCUT2D eigenvalue weighted by Gasteiger charge is 2.29. The number of thioether (sulfide) groups is 1. The molecule has 1 rings (SSSR count). The lowest BCUT2D eigenvalue weighted by Gasteiger charge is -2.26. The van der Waals surface area contributed by atoms with Crippen molar-refractivity contribution in [3.05, 3.63) is 0 Å². The molecule has 1 saturated heterocycles. The first-order chi connectivity index (χ1) is 6.70. The second-order valence-electron chi connectivity index (χ2n) is 4.68. The highest BCUT2D eigenvalue weighted by molar-refractivity contribution is 8.00. The lowest BCUT2D eigenvalue weighted by Crippen LogP contribution is -2.39. The third-order valence-electron chi connectivity index (χ3n) is 3.20. The number of rotatable bonds is 6. The van der Waals surface area contributed by atoms with E-state index in [1.165, 1.54) is 44.4 Å². The molecule has 2 atom stereocenters.